The highest BCUT2D eigenvalue weighted by atomic mass is 16.5. The highest BCUT2D eigenvalue weighted by Crippen LogP contribution is 2.12. The minimum Gasteiger partial charge on any atom is -0.481 e. The molecule has 0 atom stereocenters. The molecule has 3 heteroatoms. The molecule has 3 aromatic rings. The van der Waals surface area contributed by atoms with Gasteiger partial charge in [0.05, 0.1) is 13.1 Å². The van der Waals surface area contributed by atoms with E-state index in [1.54, 1.807) is 0 Å². The van der Waals surface area contributed by atoms with Gasteiger partial charge in [-0.3, -0.25) is 0 Å². The van der Waals surface area contributed by atoms with Gasteiger partial charge < -0.3 is 14.4 Å². The van der Waals surface area contributed by atoms with Crippen LogP contribution in [-0.2, 0) is 0 Å². The average Bonchev–Trinajstić information content (AvgIpc) is 2.79. The van der Waals surface area contributed by atoms with Gasteiger partial charge in [-0.25, -0.2) is 0 Å². The van der Waals surface area contributed by atoms with Crippen molar-refractivity contribution < 1.29 is 9.47 Å². The van der Waals surface area contributed by atoms with Gasteiger partial charge in [-0.1, -0.05) is 78.3 Å². The van der Waals surface area contributed by atoms with Crippen molar-refractivity contribution in [2.24, 2.45) is 0 Å². The van der Waals surface area contributed by atoms with E-state index in [1.807, 2.05) is 78.9 Å². The summed E-state index contributed by atoms with van der Waals surface area (Å²) >= 11 is 0. The maximum atomic E-state index is 5.61. The monoisotopic (exact) mass is 381 g/mol. The summed E-state index contributed by atoms with van der Waals surface area (Å²) in [5.74, 6) is 14.1. The lowest BCUT2D eigenvalue weighted by Gasteiger charge is -2.19. The first kappa shape index (κ1) is 19.9. The summed E-state index contributed by atoms with van der Waals surface area (Å²) in [6.45, 7) is 1.89. The lowest BCUT2D eigenvalue weighted by atomic mass is 10.3. The molecule has 3 aromatic carbocycles. The summed E-state index contributed by atoms with van der Waals surface area (Å²) in [6.07, 6.45) is 0. The molecule has 0 bridgehead atoms. The molecule has 0 saturated carbocycles. The molecule has 144 valence electrons. The van der Waals surface area contributed by atoms with Crippen molar-refractivity contribution in [2.45, 2.75) is 0 Å². The summed E-state index contributed by atoms with van der Waals surface area (Å²) in [5, 5.41) is 0. The van der Waals surface area contributed by atoms with Crippen molar-refractivity contribution in [1.29, 1.82) is 0 Å². The Morgan fingerprint density at radius 2 is 0.931 bits per heavy atom. The van der Waals surface area contributed by atoms with E-state index in [9.17, 15) is 0 Å². The fraction of sp³-hybridized carbons (Fsp3) is 0.154. The molecule has 0 N–H and O–H groups in total. The Labute approximate surface area is 172 Å². The lowest BCUT2D eigenvalue weighted by Crippen LogP contribution is -2.24. The van der Waals surface area contributed by atoms with E-state index in [2.05, 4.69) is 40.7 Å². The van der Waals surface area contributed by atoms with Crippen molar-refractivity contribution in [3.8, 4) is 35.2 Å². The Balaban J connectivity index is 1.51. The number of benzene rings is 3. The van der Waals surface area contributed by atoms with Crippen molar-refractivity contribution in [3.05, 3.63) is 91.0 Å². The SMILES string of the molecule is C(#CCN(CC#CCOc1ccccc1)c1ccccc1)COc1ccccc1. The van der Waals surface area contributed by atoms with E-state index in [4.69, 9.17) is 9.47 Å². The third kappa shape index (κ3) is 7.37. The van der Waals surface area contributed by atoms with E-state index >= 15 is 0 Å². The molecule has 0 spiro atoms. The maximum Gasteiger partial charge on any atom is 0.149 e. The summed E-state index contributed by atoms with van der Waals surface area (Å²) in [7, 11) is 0. The van der Waals surface area contributed by atoms with Crippen LogP contribution in [0.15, 0.2) is 91.0 Å². The van der Waals surface area contributed by atoms with Gasteiger partial charge in [-0.05, 0) is 36.4 Å². The second kappa shape index (κ2) is 11.8. The molecule has 0 aliphatic carbocycles. The van der Waals surface area contributed by atoms with Gasteiger partial charge in [0.25, 0.3) is 0 Å². The van der Waals surface area contributed by atoms with Crippen molar-refractivity contribution in [2.75, 3.05) is 31.2 Å². The Kier molecular flexibility index (Phi) is 8.11. The first-order chi connectivity index (χ1) is 14.4. The van der Waals surface area contributed by atoms with Crippen LogP contribution in [0.3, 0.4) is 0 Å². The molecule has 0 radical (unpaired) electrons. The van der Waals surface area contributed by atoms with Gasteiger partial charge in [0, 0.05) is 5.69 Å². The second-order valence-electron chi connectivity index (χ2n) is 6.10. The fourth-order valence-electron chi connectivity index (χ4n) is 2.55. The number of rotatable bonds is 7. The normalized spacial score (nSPS) is 9.38. The summed E-state index contributed by atoms with van der Waals surface area (Å²) in [4.78, 5) is 2.13. The maximum absolute atomic E-state index is 5.61. The molecule has 0 saturated heterocycles. The lowest BCUT2D eigenvalue weighted by molar-refractivity contribution is 0.370. The van der Waals surface area contributed by atoms with Crippen molar-refractivity contribution in [1.82, 2.24) is 0 Å². The molecule has 29 heavy (non-hydrogen) atoms. The largest absolute Gasteiger partial charge is 0.481 e. The molecule has 0 aromatic heterocycles. The Morgan fingerprint density at radius 3 is 1.38 bits per heavy atom. The van der Waals surface area contributed by atoms with E-state index in [0.29, 0.717) is 26.3 Å². The van der Waals surface area contributed by atoms with Crippen LogP contribution in [0.1, 0.15) is 0 Å². The molecule has 0 aliphatic heterocycles. The zero-order valence-electron chi connectivity index (χ0n) is 16.3. The highest BCUT2D eigenvalue weighted by molar-refractivity contribution is 5.48. The predicted octanol–water partition coefficient (Wildman–Crippen LogP) is 4.66. The number of para-hydroxylation sites is 3. The second-order valence-corrected chi connectivity index (χ2v) is 6.10. The minimum atomic E-state index is 0.364. The van der Waals surface area contributed by atoms with Crippen LogP contribution in [0.25, 0.3) is 0 Å². The topological polar surface area (TPSA) is 21.7 Å². The number of hydrogen-bond acceptors (Lipinski definition) is 3. The van der Waals surface area contributed by atoms with E-state index in [0.717, 1.165) is 17.2 Å². The molecule has 0 unspecified atom stereocenters. The molecule has 3 nitrogen and oxygen atoms in total. The van der Waals surface area contributed by atoms with Crippen LogP contribution in [-0.4, -0.2) is 26.3 Å². The Morgan fingerprint density at radius 1 is 0.517 bits per heavy atom. The van der Waals surface area contributed by atoms with Crippen LogP contribution in [0.2, 0.25) is 0 Å². The highest BCUT2D eigenvalue weighted by Gasteiger charge is 2.02. The van der Waals surface area contributed by atoms with Gasteiger partial charge in [0.2, 0.25) is 0 Å². The van der Waals surface area contributed by atoms with Crippen LogP contribution in [0, 0.1) is 23.7 Å². The number of anilines is 1. The van der Waals surface area contributed by atoms with Gasteiger partial charge >= 0.3 is 0 Å². The number of hydrogen-bond donors (Lipinski definition) is 0. The summed E-state index contributed by atoms with van der Waals surface area (Å²) < 4.78 is 11.2. The first-order valence-corrected chi connectivity index (χ1v) is 9.49. The van der Waals surface area contributed by atoms with Crippen molar-refractivity contribution >= 4 is 5.69 Å². The quantitative estimate of drug-likeness (QED) is 0.556. The van der Waals surface area contributed by atoms with E-state index < -0.39 is 0 Å². The number of nitrogens with zero attached hydrogens (tertiary/aromatic N) is 1. The molecule has 3 rings (SSSR count). The van der Waals surface area contributed by atoms with Crippen LogP contribution < -0.4 is 14.4 Å². The van der Waals surface area contributed by atoms with Crippen LogP contribution in [0.4, 0.5) is 5.69 Å². The Bertz CT molecular complexity index is 901. The summed E-state index contributed by atoms with van der Waals surface area (Å²) in [6, 6.07) is 29.5. The van der Waals surface area contributed by atoms with Crippen molar-refractivity contribution in [3.63, 3.8) is 0 Å². The molecular formula is C26H23NO2. The molecule has 0 heterocycles. The van der Waals surface area contributed by atoms with E-state index in [1.165, 1.54) is 0 Å². The average molecular weight is 381 g/mol. The van der Waals surface area contributed by atoms with Gasteiger partial charge in [0.15, 0.2) is 0 Å². The minimum absolute atomic E-state index is 0.364. The molecular weight excluding hydrogens is 358 g/mol. The molecule has 0 aliphatic rings. The standard InChI is InChI=1S/C26H23NO2/c1-4-14-24(15-5-1)27(20-10-12-22-28-25-16-6-2-7-17-25)21-11-13-23-29-26-18-8-3-9-19-26/h1-9,14-19H,20-23H2. The van der Waals surface area contributed by atoms with Gasteiger partial charge in [-0.2, -0.15) is 0 Å². The fourth-order valence-corrected chi connectivity index (χ4v) is 2.55. The number of ether oxygens (including phenoxy) is 2. The third-order valence-corrected chi connectivity index (χ3v) is 4.02. The molecule has 0 amide bonds. The zero-order chi connectivity index (χ0) is 20.0. The predicted molar refractivity (Wildman–Crippen MR) is 118 cm³/mol. The van der Waals surface area contributed by atoms with Gasteiger partial charge in [0.1, 0.15) is 24.7 Å². The third-order valence-electron chi connectivity index (χ3n) is 4.02. The van der Waals surface area contributed by atoms with Gasteiger partial charge in [-0.15, -0.1) is 0 Å². The van der Waals surface area contributed by atoms with E-state index in [-0.39, 0.29) is 0 Å². The van der Waals surface area contributed by atoms with Crippen LogP contribution in [0.5, 0.6) is 11.5 Å². The van der Waals surface area contributed by atoms with Crippen LogP contribution >= 0.6 is 0 Å². The summed E-state index contributed by atoms with van der Waals surface area (Å²) in [5.41, 5.74) is 1.09. The smallest absolute Gasteiger partial charge is 0.149 e. The first-order valence-electron chi connectivity index (χ1n) is 9.49. The zero-order valence-corrected chi connectivity index (χ0v) is 16.3. The molecule has 0 fully saturated rings. The Hall–Kier alpha value is -3.82.